The highest BCUT2D eigenvalue weighted by Gasteiger charge is 2.41. The highest BCUT2D eigenvalue weighted by Crippen LogP contribution is 2.19. The molecule has 2 rings (SSSR count). The Kier molecular flexibility index (Phi) is 3.06. The topological polar surface area (TPSA) is 80.1 Å². The zero-order valence-electron chi connectivity index (χ0n) is 10.8. The fourth-order valence-electron chi connectivity index (χ4n) is 2.03. The van der Waals surface area contributed by atoms with Gasteiger partial charge in [0.2, 0.25) is 11.8 Å². The zero-order chi connectivity index (χ0) is 13.3. The summed E-state index contributed by atoms with van der Waals surface area (Å²) in [5.74, 6) is -0.210. The van der Waals surface area contributed by atoms with Crippen molar-refractivity contribution in [3.63, 3.8) is 0 Å². The van der Waals surface area contributed by atoms with Crippen molar-refractivity contribution in [2.75, 3.05) is 6.54 Å². The quantitative estimate of drug-likeness (QED) is 0.781. The first kappa shape index (κ1) is 12.5. The van der Waals surface area contributed by atoms with Crippen molar-refractivity contribution < 1.29 is 9.59 Å². The Hall–Kier alpha value is -1.92. The maximum atomic E-state index is 12.3. The summed E-state index contributed by atoms with van der Waals surface area (Å²) in [6.45, 7) is 4.01. The molecule has 98 valence electrons. The molecule has 1 N–H and O–H groups in total. The zero-order valence-corrected chi connectivity index (χ0v) is 10.8. The van der Waals surface area contributed by atoms with Crippen LogP contribution in [0.2, 0.25) is 0 Å². The lowest BCUT2D eigenvalue weighted by Crippen LogP contribution is -2.64. The van der Waals surface area contributed by atoms with Crippen molar-refractivity contribution in [1.29, 1.82) is 0 Å². The van der Waals surface area contributed by atoms with Gasteiger partial charge in [-0.2, -0.15) is 0 Å². The van der Waals surface area contributed by atoms with Crippen molar-refractivity contribution in [2.24, 2.45) is 7.05 Å². The third kappa shape index (κ3) is 2.20. The molecule has 1 fully saturated rings. The van der Waals surface area contributed by atoms with Crippen LogP contribution in [0.4, 0.5) is 0 Å². The number of aryl methyl sites for hydroxylation is 1. The second-order valence-electron chi connectivity index (χ2n) is 4.78. The van der Waals surface area contributed by atoms with E-state index < -0.39 is 5.54 Å². The normalized spacial score (nSPS) is 24.3. The third-order valence-electron chi connectivity index (χ3n) is 3.22. The van der Waals surface area contributed by atoms with Gasteiger partial charge in [0, 0.05) is 13.2 Å². The van der Waals surface area contributed by atoms with E-state index in [2.05, 4.69) is 15.6 Å². The molecule has 0 bridgehead atoms. The third-order valence-corrected chi connectivity index (χ3v) is 3.22. The second kappa shape index (κ2) is 4.40. The lowest BCUT2D eigenvalue weighted by molar-refractivity contribution is -0.150. The minimum absolute atomic E-state index is 0.0738. The van der Waals surface area contributed by atoms with Crippen molar-refractivity contribution in [3.8, 4) is 0 Å². The van der Waals surface area contributed by atoms with Gasteiger partial charge in [0.05, 0.1) is 6.54 Å². The van der Waals surface area contributed by atoms with Crippen molar-refractivity contribution in [2.45, 2.75) is 32.4 Å². The molecule has 1 aromatic heterocycles. The van der Waals surface area contributed by atoms with Crippen LogP contribution in [0.25, 0.3) is 0 Å². The maximum Gasteiger partial charge on any atom is 0.248 e. The molecule has 1 unspecified atom stereocenters. The monoisotopic (exact) mass is 251 g/mol. The molecule has 0 radical (unpaired) electrons. The summed E-state index contributed by atoms with van der Waals surface area (Å²) in [5, 5.41) is 10.5. The molecule has 1 atom stereocenters. The van der Waals surface area contributed by atoms with Crippen LogP contribution in [-0.4, -0.2) is 43.8 Å². The van der Waals surface area contributed by atoms with Gasteiger partial charge < -0.3 is 10.2 Å². The van der Waals surface area contributed by atoms with Gasteiger partial charge in [0.1, 0.15) is 17.8 Å². The molecule has 2 heterocycles. The van der Waals surface area contributed by atoms with E-state index in [9.17, 15) is 9.59 Å². The molecular formula is C11H17N5O2. The largest absolute Gasteiger partial charge is 0.340 e. The van der Waals surface area contributed by atoms with Crippen LogP contribution in [0.3, 0.4) is 0 Å². The van der Waals surface area contributed by atoms with E-state index in [1.54, 1.807) is 24.9 Å². The Labute approximate surface area is 105 Å². The fourth-order valence-corrected chi connectivity index (χ4v) is 2.03. The summed E-state index contributed by atoms with van der Waals surface area (Å²) in [6.07, 6.45) is 2.30. The highest BCUT2D eigenvalue weighted by atomic mass is 16.2. The molecule has 0 aromatic carbocycles. The van der Waals surface area contributed by atoms with Gasteiger partial charge in [-0.1, -0.05) is 12.1 Å². The summed E-state index contributed by atoms with van der Waals surface area (Å²) in [4.78, 5) is 25.5. The van der Waals surface area contributed by atoms with E-state index in [1.165, 1.54) is 4.90 Å². The predicted molar refractivity (Wildman–Crippen MR) is 63.3 cm³/mol. The smallest absolute Gasteiger partial charge is 0.248 e. The second-order valence-corrected chi connectivity index (χ2v) is 4.78. The Morgan fingerprint density at radius 3 is 2.78 bits per heavy atom. The molecule has 1 saturated heterocycles. The lowest BCUT2D eigenvalue weighted by Gasteiger charge is -2.38. The minimum atomic E-state index is -0.808. The van der Waals surface area contributed by atoms with Crippen LogP contribution in [0.15, 0.2) is 6.20 Å². The van der Waals surface area contributed by atoms with Gasteiger partial charge in [-0.25, -0.2) is 0 Å². The van der Waals surface area contributed by atoms with Crippen molar-refractivity contribution >= 4 is 11.8 Å². The molecule has 18 heavy (non-hydrogen) atoms. The van der Waals surface area contributed by atoms with E-state index in [0.29, 0.717) is 18.7 Å². The van der Waals surface area contributed by atoms with Gasteiger partial charge in [-0.15, -0.1) is 5.10 Å². The number of rotatable bonds is 3. The number of aromatic nitrogens is 3. The average molecular weight is 251 g/mol. The van der Waals surface area contributed by atoms with Gasteiger partial charge in [-0.05, 0) is 13.3 Å². The Balaban J connectivity index is 2.17. The van der Waals surface area contributed by atoms with Gasteiger partial charge in [0.25, 0.3) is 0 Å². The Morgan fingerprint density at radius 2 is 2.22 bits per heavy atom. The number of carbonyl (C=O) groups excluding carboxylic acids is 2. The number of amides is 2. The number of nitrogens with zero attached hydrogens (tertiary/aromatic N) is 4. The SMILES string of the molecule is CCC1(C)NC(=O)CN(Cc2cn(C)nn2)C1=O. The number of nitrogens with one attached hydrogen (secondary N) is 1. The maximum absolute atomic E-state index is 12.3. The minimum Gasteiger partial charge on any atom is -0.340 e. The average Bonchev–Trinajstić information content (AvgIpc) is 2.71. The fraction of sp³-hybridized carbons (Fsp3) is 0.636. The van der Waals surface area contributed by atoms with Crippen LogP contribution < -0.4 is 5.32 Å². The first-order valence-corrected chi connectivity index (χ1v) is 5.90. The Bertz CT molecular complexity index is 484. The van der Waals surface area contributed by atoms with Crippen LogP contribution in [0.5, 0.6) is 0 Å². The van der Waals surface area contributed by atoms with Gasteiger partial charge >= 0.3 is 0 Å². The van der Waals surface area contributed by atoms with Crippen LogP contribution >= 0.6 is 0 Å². The van der Waals surface area contributed by atoms with E-state index >= 15 is 0 Å². The lowest BCUT2D eigenvalue weighted by atomic mass is 9.94. The number of piperazine rings is 1. The summed E-state index contributed by atoms with van der Waals surface area (Å²) < 4.78 is 1.57. The van der Waals surface area contributed by atoms with E-state index in [-0.39, 0.29) is 18.4 Å². The van der Waals surface area contributed by atoms with Gasteiger partial charge in [0.15, 0.2) is 0 Å². The molecule has 0 saturated carbocycles. The summed E-state index contributed by atoms with van der Waals surface area (Å²) in [6, 6.07) is 0. The van der Waals surface area contributed by atoms with Crippen LogP contribution in [0, 0.1) is 0 Å². The highest BCUT2D eigenvalue weighted by molar-refractivity contribution is 5.97. The van der Waals surface area contributed by atoms with Crippen LogP contribution in [-0.2, 0) is 23.2 Å². The molecular weight excluding hydrogens is 234 g/mol. The summed E-state index contributed by atoms with van der Waals surface area (Å²) >= 11 is 0. The van der Waals surface area contributed by atoms with Crippen molar-refractivity contribution in [3.05, 3.63) is 11.9 Å². The van der Waals surface area contributed by atoms with E-state index in [4.69, 9.17) is 0 Å². The molecule has 7 heteroatoms. The van der Waals surface area contributed by atoms with Gasteiger partial charge in [-0.3, -0.25) is 14.3 Å². The summed E-state index contributed by atoms with van der Waals surface area (Å²) in [5.41, 5.74) is -0.128. The molecule has 2 amide bonds. The standard InChI is InChI=1S/C11H17N5O2/c1-4-11(2)10(18)16(7-9(17)12-11)6-8-5-15(3)14-13-8/h5H,4,6-7H2,1-3H3,(H,12,17). The molecule has 1 aliphatic heterocycles. The van der Waals surface area contributed by atoms with Crippen molar-refractivity contribution in [1.82, 2.24) is 25.2 Å². The first-order chi connectivity index (χ1) is 8.44. The predicted octanol–water partition coefficient (Wildman–Crippen LogP) is -0.558. The number of carbonyl (C=O) groups is 2. The molecule has 0 aliphatic carbocycles. The molecule has 0 spiro atoms. The Morgan fingerprint density at radius 1 is 1.50 bits per heavy atom. The molecule has 7 nitrogen and oxygen atoms in total. The van der Waals surface area contributed by atoms with Crippen LogP contribution in [0.1, 0.15) is 26.0 Å². The number of hydrogen-bond donors (Lipinski definition) is 1. The molecule has 1 aromatic rings. The van der Waals surface area contributed by atoms with E-state index in [0.717, 1.165) is 0 Å². The number of hydrogen-bond acceptors (Lipinski definition) is 4. The first-order valence-electron chi connectivity index (χ1n) is 5.90. The summed E-state index contributed by atoms with van der Waals surface area (Å²) in [7, 11) is 1.76. The van der Waals surface area contributed by atoms with E-state index in [1.807, 2.05) is 6.92 Å². The molecule has 1 aliphatic rings.